The van der Waals surface area contributed by atoms with Crippen molar-refractivity contribution in [1.29, 1.82) is 0 Å². The third-order valence-corrected chi connectivity index (χ3v) is 5.10. The van der Waals surface area contributed by atoms with Gasteiger partial charge in [0.05, 0.1) is 18.8 Å². The summed E-state index contributed by atoms with van der Waals surface area (Å²) < 4.78 is 17.2. The third-order valence-electron chi connectivity index (χ3n) is 5.10. The Bertz CT molecular complexity index is 988. The Labute approximate surface area is 173 Å². The molecule has 1 aromatic heterocycles. The number of hydrogen-bond donors (Lipinski definition) is 5. The van der Waals surface area contributed by atoms with Crippen LogP contribution in [0.3, 0.4) is 0 Å². The van der Waals surface area contributed by atoms with Gasteiger partial charge in [-0.3, -0.25) is 14.3 Å². The number of nitrogens with zero attached hydrogens (tertiary/aromatic N) is 4. The van der Waals surface area contributed by atoms with Gasteiger partial charge in [-0.05, 0) is 12.5 Å². The third kappa shape index (κ3) is 4.62. The minimum absolute atomic E-state index is 0.0661. The van der Waals surface area contributed by atoms with E-state index in [1.807, 2.05) is 0 Å². The summed E-state index contributed by atoms with van der Waals surface area (Å²) in [6.45, 7) is 1.13. The molecule has 2 fully saturated rings. The zero-order valence-corrected chi connectivity index (χ0v) is 16.1. The number of aliphatic hydroxyl groups excluding tert-OH is 3. The van der Waals surface area contributed by atoms with E-state index in [0.717, 1.165) is 4.57 Å². The number of azide groups is 1. The van der Waals surface area contributed by atoms with Gasteiger partial charge in [0.15, 0.2) is 12.4 Å². The first-order valence-corrected chi connectivity index (χ1v) is 9.19. The first kappa shape index (κ1) is 22.9. The quantitative estimate of drug-likeness (QED) is 0.180. The molecule has 15 heteroatoms. The fourth-order valence-corrected chi connectivity index (χ4v) is 3.40. The maximum absolute atomic E-state index is 12.1. The van der Waals surface area contributed by atoms with Crippen LogP contribution in [-0.4, -0.2) is 85.4 Å². The fourth-order valence-electron chi connectivity index (χ4n) is 3.40. The SMILES string of the molecule is Cc1cn(C2CC(N=[N+]=[N-])C(CO[C@@H]3O[C@H](C(=O)O)[C@@H](O)[C@H](O)[C@H]3O)O2)c(=O)[nH]c1=O. The number of carboxylic acid groups (broad SMARTS) is 1. The van der Waals surface area contributed by atoms with E-state index in [1.165, 1.54) is 13.1 Å². The molecule has 0 radical (unpaired) electrons. The number of rotatable bonds is 6. The van der Waals surface area contributed by atoms with Crippen LogP contribution in [0.4, 0.5) is 0 Å². The number of H-pyrrole nitrogens is 1. The average molecular weight is 443 g/mol. The molecule has 0 bridgehead atoms. The Morgan fingerprint density at radius 2 is 2.03 bits per heavy atom. The predicted molar refractivity (Wildman–Crippen MR) is 97.8 cm³/mol. The van der Waals surface area contributed by atoms with Crippen molar-refractivity contribution in [3.05, 3.63) is 43.0 Å². The van der Waals surface area contributed by atoms with Crippen LogP contribution in [0, 0.1) is 6.92 Å². The molecule has 0 aliphatic carbocycles. The van der Waals surface area contributed by atoms with Crippen LogP contribution in [-0.2, 0) is 19.0 Å². The van der Waals surface area contributed by atoms with Crippen LogP contribution in [0.5, 0.6) is 0 Å². The van der Waals surface area contributed by atoms with Gasteiger partial charge >= 0.3 is 11.7 Å². The van der Waals surface area contributed by atoms with Crippen LogP contribution < -0.4 is 11.2 Å². The van der Waals surface area contributed by atoms with Gasteiger partial charge in [0.2, 0.25) is 0 Å². The lowest BCUT2D eigenvalue weighted by molar-refractivity contribution is -0.298. The molecule has 5 N–H and O–H groups in total. The van der Waals surface area contributed by atoms with E-state index in [-0.39, 0.29) is 18.6 Å². The average Bonchev–Trinajstić information content (AvgIpc) is 3.11. The Morgan fingerprint density at radius 3 is 2.68 bits per heavy atom. The Morgan fingerprint density at radius 1 is 1.32 bits per heavy atom. The van der Waals surface area contributed by atoms with Gasteiger partial charge in [-0.15, -0.1) is 0 Å². The summed E-state index contributed by atoms with van der Waals surface area (Å²) in [5.41, 5.74) is 7.79. The largest absolute Gasteiger partial charge is 0.479 e. The second-order valence-corrected chi connectivity index (χ2v) is 7.18. The van der Waals surface area contributed by atoms with Crippen molar-refractivity contribution in [2.75, 3.05) is 6.61 Å². The van der Waals surface area contributed by atoms with E-state index in [2.05, 4.69) is 15.0 Å². The fraction of sp³-hybridized carbons (Fsp3) is 0.688. The van der Waals surface area contributed by atoms with Crippen molar-refractivity contribution in [2.45, 2.75) is 62.4 Å². The zero-order valence-electron chi connectivity index (χ0n) is 16.1. The topological polar surface area (TPSA) is 229 Å². The van der Waals surface area contributed by atoms with Crippen molar-refractivity contribution in [3.63, 3.8) is 0 Å². The van der Waals surface area contributed by atoms with Crippen LogP contribution >= 0.6 is 0 Å². The van der Waals surface area contributed by atoms with Crippen molar-refractivity contribution in [2.24, 2.45) is 5.11 Å². The summed E-state index contributed by atoms with van der Waals surface area (Å²) >= 11 is 0. The molecule has 0 aromatic carbocycles. The van der Waals surface area contributed by atoms with Crippen molar-refractivity contribution in [1.82, 2.24) is 9.55 Å². The van der Waals surface area contributed by atoms with E-state index in [4.69, 9.17) is 24.8 Å². The van der Waals surface area contributed by atoms with Crippen LogP contribution in [0.1, 0.15) is 18.2 Å². The molecular formula is C16H21N5O10. The second kappa shape index (κ2) is 9.15. The van der Waals surface area contributed by atoms with Crippen molar-refractivity contribution >= 4 is 5.97 Å². The number of aromatic nitrogens is 2. The molecule has 0 spiro atoms. The molecule has 8 atom stereocenters. The molecular weight excluding hydrogens is 422 g/mol. The van der Waals surface area contributed by atoms with Gasteiger partial charge < -0.3 is 34.6 Å². The molecule has 2 aliphatic heterocycles. The number of hydrogen-bond acceptors (Lipinski definition) is 10. The summed E-state index contributed by atoms with van der Waals surface area (Å²) in [7, 11) is 0. The molecule has 1 aromatic rings. The van der Waals surface area contributed by atoms with Crippen LogP contribution in [0.25, 0.3) is 10.4 Å². The number of aliphatic hydroxyl groups is 3. The zero-order chi connectivity index (χ0) is 22.9. The maximum Gasteiger partial charge on any atom is 0.335 e. The molecule has 0 amide bonds. The maximum atomic E-state index is 12.1. The number of ether oxygens (including phenoxy) is 3. The summed E-state index contributed by atoms with van der Waals surface area (Å²) in [5.74, 6) is -1.57. The van der Waals surface area contributed by atoms with Gasteiger partial charge in [0, 0.05) is 23.1 Å². The lowest BCUT2D eigenvalue weighted by atomic mass is 9.99. The molecule has 15 nitrogen and oxygen atoms in total. The highest BCUT2D eigenvalue weighted by Crippen LogP contribution is 2.31. The molecule has 170 valence electrons. The lowest BCUT2D eigenvalue weighted by Crippen LogP contribution is -2.60. The van der Waals surface area contributed by atoms with Crippen molar-refractivity contribution in [3.8, 4) is 0 Å². The normalized spacial score (nSPS) is 35.5. The van der Waals surface area contributed by atoms with E-state index >= 15 is 0 Å². The molecule has 3 rings (SSSR count). The van der Waals surface area contributed by atoms with Crippen LogP contribution in [0.15, 0.2) is 20.9 Å². The molecule has 0 saturated carbocycles. The molecule has 31 heavy (non-hydrogen) atoms. The summed E-state index contributed by atoms with van der Waals surface area (Å²) in [5, 5.41) is 42.3. The van der Waals surface area contributed by atoms with Gasteiger partial charge in [0.1, 0.15) is 24.5 Å². The number of carbonyl (C=O) groups is 1. The smallest absolute Gasteiger partial charge is 0.335 e. The molecule has 3 heterocycles. The van der Waals surface area contributed by atoms with Gasteiger partial charge in [0.25, 0.3) is 5.56 Å². The monoisotopic (exact) mass is 443 g/mol. The molecule has 3 unspecified atom stereocenters. The number of aryl methyl sites for hydroxylation is 1. The molecule has 2 aliphatic rings. The van der Waals surface area contributed by atoms with E-state index in [0.29, 0.717) is 0 Å². The standard InChI is InChI=1S/C16H21N5O10/c1-5-3-21(16(28)18-13(5)25)8-2-6(19-20-17)7(30-8)4-29-15-11(24)9(22)10(23)12(31-15)14(26)27/h3,6-12,15,22-24H,2,4H2,1H3,(H,26,27)(H,18,25,28)/t6?,7?,8?,9-,10-,11+,12-,15+/m0/s1. The van der Waals surface area contributed by atoms with E-state index < -0.39 is 66.3 Å². The number of nitrogens with one attached hydrogen (secondary N) is 1. The summed E-state index contributed by atoms with van der Waals surface area (Å²) in [6.07, 6.45) is -9.39. The summed E-state index contributed by atoms with van der Waals surface area (Å²) in [4.78, 5) is 39.7. The van der Waals surface area contributed by atoms with Gasteiger partial charge in [-0.1, -0.05) is 5.11 Å². The Kier molecular flexibility index (Phi) is 6.76. The van der Waals surface area contributed by atoms with Crippen molar-refractivity contribution < 1.29 is 39.4 Å². The van der Waals surface area contributed by atoms with Gasteiger partial charge in [-0.25, -0.2) is 9.59 Å². The highest BCUT2D eigenvalue weighted by molar-refractivity contribution is 5.73. The first-order valence-electron chi connectivity index (χ1n) is 9.19. The summed E-state index contributed by atoms with van der Waals surface area (Å²) in [6, 6.07) is -0.805. The first-order chi connectivity index (χ1) is 14.6. The molecule has 2 saturated heterocycles. The highest BCUT2D eigenvalue weighted by Gasteiger charge is 2.48. The second-order valence-electron chi connectivity index (χ2n) is 7.18. The number of carboxylic acids is 1. The van der Waals surface area contributed by atoms with Gasteiger partial charge in [-0.2, -0.15) is 0 Å². The van der Waals surface area contributed by atoms with E-state index in [1.54, 1.807) is 0 Å². The predicted octanol–water partition coefficient (Wildman–Crippen LogP) is -2.28. The Balaban J connectivity index is 1.74. The lowest BCUT2D eigenvalue weighted by Gasteiger charge is -2.38. The number of aromatic amines is 1. The number of aliphatic carboxylic acids is 1. The highest BCUT2D eigenvalue weighted by atomic mass is 16.7. The van der Waals surface area contributed by atoms with E-state index in [9.17, 15) is 29.7 Å². The minimum atomic E-state index is -1.87. The van der Waals surface area contributed by atoms with Crippen LogP contribution in [0.2, 0.25) is 0 Å². The Hall–Kier alpha value is -2.78. The minimum Gasteiger partial charge on any atom is -0.479 e.